The number of ether oxygens (including phenoxy) is 1. The number of hydrogen-bond acceptors (Lipinski definition) is 4. The van der Waals surface area contributed by atoms with Crippen molar-refractivity contribution in [3.05, 3.63) is 38.6 Å². The van der Waals surface area contributed by atoms with Crippen LogP contribution in [0.1, 0.15) is 34.8 Å². The molecule has 0 aliphatic heterocycles. The average Bonchev–Trinajstić information content (AvgIpc) is 2.46. The first-order valence-electron chi connectivity index (χ1n) is 8.33. The van der Waals surface area contributed by atoms with Crippen molar-refractivity contribution < 1.29 is 14.3 Å². The summed E-state index contributed by atoms with van der Waals surface area (Å²) in [7, 11) is 0. The van der Waals surface area contributed by atoms with E-state index in [4.69, 9.17) is 37.5 Å². The van der Waals surface area contributed by atoms with Gasteiger partial charge in [-0.25, -0.2) is 0 Å². The Labute approximate surface area is 139 Å². The summed E-state index contributed by atoms with van der Waals surface area (Å²) in [4.78, 5) is 3.82. The van der Waals surface area contributed by atoms with Gasteiger partial charge in [-0.3, -0.25) is 4.98 Å². The predicted octanol–water partition coefficient (Wildman–Crippen LogP) is 4.86. The molecule has 0 bridgehead atoms. The van der Waals surface area contributed by atoms with Gasteiger partial charge in [0.15, 0.2) is 10.9 Å². The van der Waals surface area contributed by atoms with Crippen LogP contribution in [0.5, 0.6) is 11.6 Å². The van der Waals surface area contributed by atoms with Crippen molar-refractivity contribution in [2.45, 2.75) is 19.6 Å². The SMILES string of the molecule is [2H]c1c(Oc2c(Cl)cncc2Br)nnc(Cl)c1C(C([2H])([2H])[2H])C([2H])([2H])[2H]. The van der Waals surface area contributed by atoms with Gasteiger partial charge in [-0.05, 0) is 27.4 Å². The summed E-state index contributed by atoms with van der Waals surface area (Å²) < 4.78 is 59.2. The first-order chi connectivity index (χ1) is 11.8. The van der Waals surface area contributed by atoms with E-state index in [-0.39, 0.29) is 10.8 Å². The van der Waals surface area contributed by atoms with Crippen LogP contribution in [0.3, 0.4) is 0 Å². The largest absolute Gasteiger partial charge is 0.435 e. The van der Waals surface area contributed by atoms with Gasteiger partial charge in [-0.1, -0.05) is 36.9 Å². The van der Waals surface area contributed by atoms with E-state index in [2.05, 4.69) is 31.1 Å². The standard InChI is InChI=1S/C12H10BrCl2N3O/c1-6(2)7-3-10(17-18-12(7)15)19-11-8(13)4-16-5-9(11)14/h3-6H,1-2H3/i1D3,2D3,3D. The van der Waals surface area contributed by atoms with Crippen LogP contribution >= 0.6 is 39.1 Å². The number of hydrogen-bond donors (Lipinski definition) is 0. The fraction of sp³-hybridized carbons (Fsp3) is 0.250. The topological polar surface area (TPSA) is 47.9 Å². The van der Waals surface area contributed by atoms with Crippen LogP contribution in [-0.4, -0.2) is 15.2 Å². The highest BCUT2D eigenvalue weighted by Crippen LogP contribution is 2.35. The number of rotatable bonds is 3. The van der Waals surface area contributed by atoms with E-state index in [1.54, 1.807) is 0 Å². The third-order valence-corrected chi connectivity index (χ3v) is 3.10. The Bertz CT molecular complexity index is 797. The predicted molar refractivity (Wildman–Crippen MR) is 78.2 cm³/mol. The van der Waals surface area contributed by atoms with Gasteiger partial charge in [-0.15, -0.1) is 10.2 Å². The highest BCUT2D eigenvalue weighted by atomic mass is 79.9. The van der Waals surface area contributed by atoms with E-state index < -0.39 is 42.3 Å². The lowest BCUT2D eigenvalue weighted by Crippen LogP contribution is -1.98. The van der Waals surface area contributed by atoms with Gasteiger partial charge >= 0.3 is 0 Å². The number of nitrogens with zero attached hydrogens (tertiary/aromatic N) is 3. The molecule has 0 amide bonds. The molecule has 0 saturated carbocycles. The monoisotopic (exact) mass is 368 g/mol. The van der Waals surface area contributed by atoms with E-state index in [1.165, 1.54) is 12.4 Å². The van der Waals surface area contributed by atoms with Crippen molar-refractivity contribution in [3.8, 4) is 11.6 Å². The molecule has 19 heavy (non-hydrogen) atoms. The summed E-state index contributed by atoms with van der Waals surface area (Å²) in [5.41, 5.74) is -0.502. The summed E-state index contributed by atoms with van der Waals surface area (Å²) in [6.45, 7) is -5.92. The quantitative estimate of drug-likeness (QED) is 0.775. The number of aromatic nitrogens is 3. The summed E-state index contributed by atoms with van der Waals surface area (Å²) in [5.74, 6) is -2.43. The molecule has 0 atom stereocenters. The summed E-state index contributed by atoms with van der Waals surface area (Å²) in [6, 6.07) is -0.609. The summed E-state index contributed by atoms with van der Waals surface area (Å²) in [6.07, 6.45) is 2.66. The van der Waals surface area contributed by atoms with Crippen molar-refractivity contribution in [3.63, 3.8) is 0 Å². The molecule has 7 heteroatoms. The maximum Gasteiger partial charge on any atom is 0.239 e. The second-order valence-corrected chi connectivity index (χ2v) is 4.92. The van der Waals surface area contributed by atoms with E-state index in [0.717, 1.165) is 0 Å². The molecule has 0 fully saturated rings. The smallest absolute Gasteiger partial charge is 0.239 e. The highest BCUT2D eigenvalue weighted by molar-refractivity contribution is 9.10. The van der Waals surface area contributed by atoms with Crippen molar-refractivity contribution >= 4 is 39.1 Å². The fourth-order valence-electron chi connectivity index (χ4n) is 1.17. The van der Waals surface area contributed by atoms with Gasteiger partial charge in [0.25, 0.3) is 0 Å². The Hall–Kier alpha value is -0.910. The van der Waals surface area contributed by atoms with Crippen molar-refractivity contribution in [2.75, 3.05) is 0 Å². The van der Waals surface area contributed by atoms with Crippen molar-refractivity contribution in [1.29, 1.82) is 0 Å². The zero-order valence-electron chi connectivity index (χ0n) is 16.1. The average molecular weight is 370 g/mol. The van der Waals surface area contributed by atoms with E-state index in [1.807, 2.05) is 0 Å². The first-order valence-corrected chi connectivity index (χ1v) is 6.38. The molecule has 0 aliphatic rings. The van der Waals surface area contributed by atoms with E-state index >= 15 is 0 Å². The van der Waals surface area contributed by atoms with Crippen LogP contribution in [0.25, 0.3) is 0 Å². The molecule has 0 saturated heterocycles. The van der Waals surface area contributed by atoms with Gasteiger partial charge in [0.05, 0.1) is 5.84 Å². The van der Waals surface area contributed by atoms with Crippen molar-refractivity contribution in [2.24, 2.45) is 0 Å². The Morgan fingerprint density at radius 3 is 2.84 bits per heavy atom. The molecule has 0 aromatic carbocycles. The molecular weight excluding hydrogens is 353 g/mol. The van der Waals surface area contributed by atoms with Gasteiger partial charge < -0.3 is 4.74 Å². The van der Waals surface area contributed by atoms with Crippen LogP contribution < -0.4 is 4.74 Å². The minimum absolute atomic E-state index is 0.0528. The molecule has 4 nitrogen and oxygen atoms in total. The van der Waals surface area contributed by atoms with Crippen LogP contribution in [0, 0.1) is 0 Å². The van der Waals surface area contributed by atoms with Crippen molar-refractivity contribution in [1.82, 2.24) is 15.2 Å². The van der Waals surface area contributed by atoms with E-state index in [0.29, 0.717) is 4.47 Å². The Morgan fingerprint density at radius 1 is 1.37 bits per heavy atom. The fourth-order valence-corrected chi connectivity index (χ4v) is 2.08. The van der Waals surface area contributed by atoms with Gasteiger partial charge in [-0.2, -0.15) is 0 Å². The second-order valence-electron chi connectivity index (χ2n) is 3.30. The van der Waals surface area contributed by atoms with Gasteiger partial charge in [0.2, 0.25) is 5.88 Å². The molecule has 2 aromatic heterocycles. The summed E-state index contributed by atoms with van der Waals surface area (Å²) >= 11 is 15.0. The molecule has 2 heterocycles. The lowest BCUT2D eigenvalue weighted by molar-refractivity contribution is 0.450. The highest BCUT2D eigenvalue weighted by Gasteiger charge is 2.13. The molecular formula is C12H10BrCl2N3O. The molecule has 0 radical (unpaired) electrons. The van der Waals surface area contributed by atoms with Crippen LogP contribution in [0.2, 0.25) is 10.2 Å². The maximum absolute atomic E-state index is 8.18. The van der Waals surface area contributed by atoms with Crippen LogP contribution in [0.15, 0.2) is 22.9 Å². The molecule has 2 rings (SSSR count). The number of halogens is 3. The Kier molecular flexibility index (Phi) is 2.46. The summed E-state index contributed by atoms with van der Waals surface area (Å²) in [5, 5.41) is 6.73. The molecule has 2 aromatic rings. The third kappa shape index (κ3) is 3.35. The normalized spacial score (nSPS) is 17.6. The Balaban J connectivity index is 2.62. The minimum atomic E-state index is -2.96. The molecule has 0 N–H and O–H groups in total. The molecule has 0 unspecified atom stereocenters. The third-order valence-electron chi connectivity index (χ3n) is 1.99. The minimum Gasteiger partial charge on any atom is -0.435 e. The van der Waals surface area contributed by atoms with E-state index in [9.17, 15) is 0 Å². The Morgan fingerprint density at radius 2 is 2.16 bits per heavy atom. The molecule has 100 valence electrons. The maximum atomic E-state index is 8.18. The molecule has 0 spiro atoms. The zero-order chi connectivity index (χ0) is 19.9. The lowest BCUT2D eigenvalue weighted by atomic mass is 10.1. The molecule has 0 aliphatic carbocycles. The van der Waals surface area contributed by atoms with Crippen LogP contribution in [0.4, 0.5) is 0 Å². The number of pyridine rings is 1. The van der Waals surface area contributed by atoms with Gasteiger partial charge in [0, 0.05) is 26.7 Å². The lowest BCUT2D eigenvalue weighted by Gasteiger charge is -2.11. The van der Waals surface area contributed by atoms with Crippen LogP contribution in [-0.2, 0) is 0 Å². The first kappa shape index (κ1) is 7.76. The second kappa shape index (κ2) is 6.03. The van der Waals surface area contributed by atoms with Gasteiger partial charge in [0.1, 0.15) is 5.02 Å². The zero-order valence-corrected chi connectivity index (χ0v) is 12.2.